The van der Waals surface area contributed by atoms with Gasteiger partial charge in [0.25, 0.3) is 0 Å². The molecule has 0 heterocycles. The van der Waals surface area contributed by atoms with E-state index >= 15 is 0 Å². The monoisotopic (exact) mass is 90.0 g/mol. The zero-order chi connectivity index (χ0) is 4.71. The normalized spacial score (nSPS) is 3.40. The van der Waals surface area contributed by atoms with Crippen LogP contribution in [0.15, 0.2) is 0 Å². The summed E-state index contributed by atoms with van der Waals surface area (Å²) < 4.78 is 0. The van der Waals surface area contributed by atoms with Crippen LogP contribution in [-0.2, 0) is 0 Å². The maximum Gasteiger partial charge on any atom is 0.141 e. The standard InChI is InChI=1S/CH2N2.H4OSi/c2-1-3;1-2/h2-3H;1H,2H3. The number of hydrogen-bond acceptors (Lipinski definition) is 3. The second-order valence-electron chi connectivity index (χ2n) is 0.125. The molecule has 3 N–H and O–H groups in total. The summed E-state index contributed by atoms with van der Waals surface area (Å²) in [7, 11) is 0.306. The summed E-state index contributed by atoms with van der Waals surface area (Å²) in [6, 6.07) is 1.25. The van der Waals surface area contributed by atoms with Gasteiger partial charge in [-0.2, -0.15) is 0 Å². The SMILES string of the molecule is N=C=N.O[SiH3]. The van der Waals surface area contributed by atoms with Crippen molar-refractivity contribution in [2.45, 2.75) is 0 Å². The van der Waals surface area contributed by atoms with E-state index in [0.717, 1.165) is 0 Å². The van der Waals surface area contributed by atoms with E-state index in [0.29, 0.717) is 10.5 Å². The Balaban J connectivity index is 0. The number of nitrogens with one attached hydrogen (secondary N) is 2. The van der Waals surface area contributed by atoms with E-state index in [9.17, 15) is 0 Å². The minimum absolute atomic E-state index is 0.306. The van der Waals surface area contributed by atoms with Gasteiger partial charge in [0.15, 0.2) is 0 Å². The first-order valence-corrected chi connectivity index (χ1v) is 1.84. The second-order valence-corrected chi connectivity index (χ2v) is 0.125. The van der Waals surface area contributed by atoms with Crippen molar-refractivity contribution < 1.29 is 4.80 Å². The Kier molecular flexibility index (Phi) is 132. The van der Waals surface area contributed by atoms with E-state index < -0.39 is 0 Å². The van der Waals surface area contributed by atoms with Gasteiger partial charge in [0.05, 0.1) is 6.01 Å². The molecule has 0 unspecified atom stereocenters. The zero-order valence-electron chi connectivity index (χ0n) is 2.95. The average molecular weight is 90.2 g/mol. The molecular weight excluding hydrogens is 84.1 g/mol. The highest BCUT2D eigenvalue weighted by Crippen LogP contribution is 0.920. The van der Waals surface area contributed by atoms with Crippen molar-refractivity contribution in [1.82, 2.24) is 0 Å². The first kappa shape index (κ1) is 8.82. The lowest BCUT2D eigenvalue weighted by Gasteiger charge is -1.19. The van der Waals surface area contributed by atoms with E-state index in [1.807, 2.05) is 0 Å². The molecule has 5 heavy (non-hydrogen) atoms. The molecule has 0 aliphatic carbocycles. The first-order chi connectivity index (χ1) is 2.41. The fraction of sp³-hybridized carbons (Fsp3) is 0. The van der Waals surface area contributed by atoms with Gasteiger partial charge in [0.1, 0.15) is 10.5 Å². The second kappa shape index (κ2) is 75.0. The van der Waals surface area contributed by atoms with Gasteiger partial charge < -0.3 is 4.80 Å². The van der Waals surface area contributed by atoms with Crippen LogP contribution in [0.5, 0.6) is 0 Å². The van der Waals surface area contributed by atoms with Crippen LogP contribution in [0.25, 0.3) is 0 Å². The Hall–Kier alpha value is -0.443. The van der Waals surface area contributed by atoms with Crippen LogP contribution < -0.4 is 0 Å². The summed E-state index contributed by atoms with van der Waals surface area (Å²) in [5.74, 6) is 0. The molecule has 0 saturated heterocycles. The van der Waals surface area contributed by atoms with Crippen molar-refractivity contribution in [3.8, 4) is 0 Å². The molecule has 0 spiro atoms. The van der Waals surface area contributed by atoms with E-state index in [1.54, 1.807) is 0 Å². The molecule has 0 aliphatic rings. The minimum atomic E-state index is 0.306. The molecule has 0 bridgehead atoms. The Bertz CT molecular complexity index is 30.6. The van der Waals surface area contributed by atoms with Crippen LogP contribution >= 0.6 is 0 Å². The number of hydrogen-bond donors (Lipinski definition) is 3. The van der Waals surface area contributed by atoms with Crippen molar-refractivity contribution >= 4 is 16.5 Å². The molecule has 30 valence electrons. The summed E-state index contributed by atoms with van der Waals surface area (Å²) in [5, 5.41) is 11.2. The maximum atomic E-state index is 7.14. The molecule has 0 aliphatic heterocycles. The first-order valence-electron chi connectivity index (χ1n) is 0.947. The summed E-state index contributed by atoms with van der Waals surface area (Å²) in [4.78, 5) is 7.14. The van der Waals surface area contributed by atoms with Gasteiger partial charge >= 0.3 is 0 Å². The predicted molar refractivity (Wildman–Crippen MR) is 22.6 cm³/mol. The van der Waals surface area contributed by atoms with E-state index in [2.05, 4.69) is 0 Å². The highest BCUT2D eigenvalue weighted by Gasteiger charge is 0.934. The van der Waals surface area contributed by atoms with Crippen molar-refractivity contribution in [3.05, 3.63) is 0 Å². The Morgan fingerprint density at radius 1 is 1.40 bits per heavy atom. The largest absolute Gasteiger partial charge is 0.442 e. The molecule has 0 fully saturated rings. The highest BCUT2D eigenvalue weighted by atomic mass is 28.2. The van der Waals surface area contributed by atoms with Gasteiger partial charge in [0, 0.05) is 0 Å². The van der Waals surface area contributed by atoms with Gasteiger partial charge in [-0.05, 0) is 0 Å². The quantitative estimate of drug-likeness (QED) is 0.248. The Morgan fingerprint density at radius 2 is 1.40 bits per heavy atom. The van der Waals surface area contributed by atoms with Crippen LogP contribution in [0.3, 0.4) is 0 Å². The highest BCUT2D eigenvalue weighted by molar-refractivity contribution is 5.95. The molecule has 0 amide bonds. The lowest BCUT2D eigenvalue weighted by molar-refractivity contribution is 0.629. The molecule has 0 rings (SSSR count). The third-order valence-corrected chi connectivity index (χ3v) is 0. The van der Waals surface area contributed by atoms with Crippen molar-refractivity contribution in [2.24, 2.45) is 0 Å². The Morgan fingerprint density at radius 3 is 1.40 bits per heavy atom. The van der Waals surface area contributed by atoms with E-state index in [4.69, 9.17) is 15.6 Å². The molecule has 0 aromatic rings. The predicted octanol–water partition coefficient (Wildman–Crippen LogP) is -1.42. The van der Waals surface area contributed by atoms with Crippen LogP contribution in [0.4, 0.5) is 0 Å². The molecule has 0 saturated carbocycles. The average Bonchev–Trinajstić information content (AvgIpc) is 1.46. The smallest absolute Gasteiger partial charge is 0.141 e. The van der Waals surface area contributed by atoms with Gasteiger partial charge in [-0.1, -0.05) is 0 Å². The van der Waals surface area contributed by atoms with E-state index in [1.165, 1.54) is 6.01 Å². The maximum absolute atomic E-state index is 7.14. The number of rotatable bonds is 0. The van der Waals surface area contributed by atoms with Gasteiger partial charge in [-0.25, -0.2) is 10.8 Å². The fourth-order valence-corrected chi connectivity index (χ4v) is 0. The topological polar surface area (TPSA) is 67.9 Å². The van der Waals surface area contributed by atoms with Gasteiger partial charge in [-0.15, -0.1) is 0 Å². The molecular formula is CH6N2OSi. The van der Waals surface area contributed by atoms with Crippen molar-refractivity contribution in [1.29, 1.82) is 10.8 Å². The Labute approximate surface area is 33.2 Å². The summed E-state index contributed by atoms with van der Waals surface area (Å²) >= 11 is 0. The third-order valence-electron chi connectivity index (χ3n) is 0. The van der Waals surface area contributed by atoms with E-state index in [-0.39, 0.29) is 0 Å². The third kappa shape index (κ3) is 43.9. The van der Waals surface area contributed by atoms with Crippen LogP contribution in [-0.4, -0.2) is 21.3 Å². The minimum Gasteiger partial charge on any atom is -0.442 e. The van der Waals surface area contributed by atoms with Crippen molar-refractivity contribution in [3.63, 3.8) is 0 Å². The molecule has 0 radical (unpaired) electrons. The van der Waals surface area contributed by atoms with Crippen molar-refractivity contribution in [2.75, 3.05) is 0 Å². The van der Waals surface area contributed by atoms with Crippen LogP contribution in [0.2, 0.25) is 0 Å². The lowest BCUT2D eigenvalue weighted by atomic mass is 11.6. The summed E-state index contributed by atoms with van der Waals surface area (Å²) in [6.45, 7) is 0. The zero-order valence-corrected chi connectivity index (χ0v) is 4.95. The van der Waals surface area contributed by atoms with Crippen LogP contribution in [0, 0.1) is 10.8 Å². The van der Waals surface area contributed by atoms with Gasteiger partial charge in [-0.3, -0.25) is 0 Å². The van der Waals surface area contributed by atoms with Crippen LogP contribution in [0.1, 0.15) is 0 Å². The molecule has 4 heteroatoms. The molecule has 3 nitrogen and oxygen atoms in total. The fourth-order valence-electron chi connectivity index (χ4n) is 0. The summed E-state index contributed by atoms with van der Waals surface area (Å²) in [6.07, 6.45) is 0. The summed E-state index contributed by atoms with van der Waals surface area (Å²) in [5.41, 5.74) is 0. The van der Waals surface area contributed by atoms with Gasteiger partial charge in [0.2, 0.25) is 0 Å². The lowest BCUT2D eigenvalue weighted by Crippen LogP contribution is -1.34. The molecule has 0 atom stereocenters. The molecule has 0 aromatic heterocycles. The molecule has 0 aromatic carbocycles.